The van der Waals surface area contributed by atoms with Crippen molar-refractivity contribution in [2.24, 2.45) is 0 Å². The van der Waals surface area contributed by atoms with Gasteiger partial charge in [-0.2, -0.15) is 15.3 Å². The Bertz CT molecular complexity index is 4470. The molecule has 3 fully saturated rings. The highest BCUT2D eigenvalue weighted by molar-refractivity contribution is 6.00. The van der Waals surface area contributed by atoms with Gasteiger partial charge in [0.05, 0.1) is 40.0 Å². The van der Waals surface area contributed by atoms with Crippen molar-refractivity contribution in [2.45, 2.75) is 56.7 Å². The fourth-order valence-corrected chi connectivity index (χ4v) is 11.9. The molecule has 1 amide bonds. The number of aliphatic hydroxyl groups is 1. The molecule has 0 spiro atoms. The Morgan fingerprint density at radius 2 is 0.904 bits per heavy atom. The summed E-state index contributed by atoms with van der Waals surface area (Å²) in [6.07, 6.45) is 11.8. The number of anilines is 3. The summed E-state index contributed by atoms with van der Waals surface area (Å²) in [7, 11) is 4.19. The van der Waals surface area contributed by atoms with Gasteiger partial charge in [-0.1, -0.05) is 61.2 Å². The van der Waals surface area contributed by atoms with Gasteiger partial charge >= 0.3 is 0 Å². The number of para-hydroxylation sites is 3. The molecule has 6 aromatic carbocycles. The summed E-state index contributed by atoms with van der Waals surface area (Å²) in [6, 6.07) is 52.6. The molecular formula is C71H74N18O5. The van der Waals surface area contributed by atoms with E-state index in [1.165, 1.54) is 25.1 Å². The second kappa shape index (κ2) is 29.4. The van der Waals surface area contributed by atoms with Gasteiger partial charge < -0.3 is 51.2 Å². The summed E-state index contributed by atoms with van der Waals surface area (Å²) in [5.74, 6) is 5.79. The number of piperidine rings is 3. The lowest BCUT2D eigenvalue weighted by molar-refractivity contribution is -0.127. The molecule has 3 saturated heterocycles. The monoisotopic (exact) mass is 1260 g/mol. The number of H-pyrrole nitrogens is 1. The van der Waals surface area contributed by atoms with Crippen LogP contribution in [0.15, 0.2) is 195 Å². The number of benzene rings is 6. The van der Waals surface area contributed by atoms with E-state index in [4.69, 9.17) is 46.7 Å². The topological polar surface area (TPSA) is 294 Å². The van der Waals surface area contributed by atoms with Gasteiger partial charge in [0.1, 0.15) is 82.3 Å². The molecule has 0 bridgehead atoms. The Morgan fingerprint density at radius 1 is 0.500 bits per heavy atom. The summed E-state index contributed by atoms with van der Waals surface area (Å²) >= 11 is 0. The molecule has 94 heavy (non-hydrogen) atoms. The first-order chi connectivity index (χ1) is 45.9. The van der Waals surface area contributed by atoms with Gasteiger partial charge in [-0.3, -0.25) is 9.89 Å². The average Bonchev–Trinajstić information content (AvgIpc) is 1.63. The fraction of sp³-hybridized carbons (Fsp3) is 0.239. The number of nitrogens with zero attached hydrogens (tertiary/aromatic N) is 14. The first kappa shape index (κ1) is 63.0. The van der Waals surface area contributed by atoms with E-state index < -0.39 is 0 Å². The van der Waals surface area contributed by atoms with E-state index in [1.807, 2.05) is 180 Å². The highest BCUT2D eigenvalue weighted by Crippen LogP contribution is 2.38. The van der Waals surface area contributed by atoms with Crippen LogP contribution in [0.25, 0.3) is 66.9 Å². The van der Waals surface area contributed by atoms with Crippen LogP contribution in [0, 0.1) is 0 Å². The number of rotatable bonds is 12. The van der Waals surface area contributed by atoms with Gasteiger partial charge in [-0.25, -0.2) is 39.3 Å². The van der Waals surface area contributed by atoms with Crippen molar-refractivity contribution < 1.29 is 24.1 Å². The van der Waals surface area contributed by atoms with Crippen molar-refractivity contribution in [1.29, 1.82) is 0 Å². The van der Waals surface area contributed by atoms with Crippen molar-refractivity contribution in [2.75, 3.05) is 70.6 Å². The molecule has 0 aliphatic carbocycles. The third-order valence-electron chi connectivity index (χ3n) is 16.5. The molecule has 6 aromatic heterocycles. The number of fused-ring (bicyclic) bond motifs is 3. The van der Waals surface area contributed by atoms with E-state index in [1.54, 1.807) is 4.90 Å². The van der Waals surface area contributed by atoms with Gasteiger partial charge in [0, 0.05) is 42.9 Å². The number of likely N-dealkylation sites (tertiary alicyclic amines) is 3. The number of carbonyl (C=O) groups is 1. The van der Waals surface area contributed by atoms with Crippen LogP contribution in [-0.4, -0.2) is 145 Å². The number of amides is 1. The van der Waals surface area contributed by atoms with Crippen LogP contribution < -0.4 is 31.4 Å². The van der Waals surface area contributed by atoms with Gasteiger partial charge in [-0.05, 0) is 181 Å². The number of likely N-dealkylation sites (N-methyl/N-ethyl adjacent to an activating group) is 2. The number of aromatic amines is 1. The van der Waals surface area contributed by atoms with E-state index in [0.717, 1.165) is 144 Å². The molecule has 12 aromatic rings. The number of β-amino-alcohol motifs (C(OH)–C–C–N with tert-alkyl or cyclic N) is 1. The summed E-state index contributed by atoms with van der Waals surface area (Å²) in [5.41, 5.74) is 25.6. The lowest BCUT2D eigenvalue weighted by Gasteiger charge is -2.32. The Hall–Kier alpha value is -11.1. The first-order valence-electron chi connectivity index (χ1n) is 31.3. The number of aromatic nitrogens is 12. The van der Waals surface area contributed by atoms with Crippen LogP contribution in [-0.2, 0) is 4.79 Å². The van der Waals surface area contributed by atoms with Crippen molar-refractivity contribution in [3.05, 3.63) is 195 Å². The standard InChI is InChI=1S/C25H24N6O2.C23H24N6O.C17H13N5O.C6H13NO/c1-2-21(32)30-14-6-7-18(15-30)31-25-22(24(26)27-16-28-25)23(29-31)17-10-12-20(13-11-17)33-19-8-4-3-5-9-19;1-28-13-5-6-17(14-28)29-23-20(22(24)25-15-26-23)21(27-29)16-9-11-19(12-10-16)30-18-7-3-2-4-8-18;18-16-14-15(21-22-17(14)20-10-19-16)11-6-8-13(9-7-11)23-12-4-2-1-3-5-12;1-7-4-2-3-6(8)5-7/h2-5,8-13,16,18H,1,6-7,14-15H2,(H2,26,27,28);2-4,7-12,15,17H,5-6,13-14H2,1H3,(H2,24,25,26);1-10H,(H3,18,19,20,21,22);6,8H,2-5H2,1H3/t18-;17-;;6-/m11.0/s1. The fourth-order valence-electron chi connectivity index (χ4n) is 11.9. The molecule has 8 N–H and O–H groups in total. The van der Waals surface area contributed by atoms with Crippen LogP contribution in [0.2, 0.25) is 0 Å². The third kappa shape index (κ3) is 14.9. The zero-order valence-corrected chi connectivity index (χ0v) is 52.4. The lowest BCUT2D eigenvalue weighted by atomic mass is 10.1. The number of aliphatic hydroxyl groups excluding tert-OH is 1. The van der Waals surface area contributed by atoms with E-state index >= 15 is 0 Å². The molecule has 3 aliphatic heterocycles. The lowest BCUT2D eigenvalue weighted by Crippen LogP contribution is -2.40. The highest BCUT2D eigenvalue weighted by Gasteiger charge is 2.29. The van der Waals surface area contributed by atoms with Crippen LogP contribution in [0.3, 0.4) is 0 Å². The Balaban J connectivity index is 0.000000129. The van der Waals surface area contributed by atoms with E-state index in [0.29, 0.717) is 52.9 Å². The van der Waals surface area contributed by atoms with Crippen LogP contribution in [0.1, 0.15) is 50.6 Å². The van der Waals surface area contributed by atoms with Gasteiger partial charge in [0.25, 0.3) is 0 Å². The third-order valence-corrected chi connectivity index (χ3v) is 16.5. The number of ether oxygens (including phenoxy) is 3. The second-order valence-corrected chi connectivity index (χ2v) is 23.3. The predicted molar refractivity (Wildman–Crippen MR) is 365 cm³/mol. The summed E-state index contributed by atoms with van der Waals surface area (Å²) in [5, 5.41) is 28.3. The smallest absolute Gasteiger partial charge is 0.246 e. The Kier molecular flexibility index (Phi) is 19.7. The number of hydrogen-bond donors (Lipinski definition) is 5. The normalized spacial score (nSPS) is 16.6. The molecule has 9 heterocycles. The maximum atomic E-state index is 12.2. The van der Waals surface area contributed by atoms with E-state index in [9.17, 15) is 4.79 Å². The van der Waals surface area contributed by atoms with E-state index in [2.05, 4.69) is 63.5 Å². The van der Waals surface area contributed by atoms with Gasteiger partial charge in [0.15, 0.2) is 16.9 Å². The zero-order valence-electron chi connectivity index (χ0n) is 52.4. The predicted octanol–water partition coefficient (Wildman–Crippen LogP) is 11.8. The number of carbonyl (C=O) groups excluding carboxylic acids is 1. The van der Waals surface area contributed by atoms with Crippen LogP contribution in [0.4, 0.5) is 17.5 Å². The van der Waals surface area contributed by atoms with Crippen molar-refractivity contribution in [1.82, 2.24) is 74.4 Å². The molecule has 0 saturated carbocycles. The number of hydrogen-bond acceptors (Lipinski definition) is 19. The van der Waals surface area contributed by atoms with E-state index in [-0.39, 0.29) is 24.1 Å². The average molecular weight is 1260 g/mol. The largest absolute Gasteiger partial charge is 0.457 e. The number of nitrogens with one attached hydrogen (secondary N) is 1. The van der Waals surface area contributed by atoms with Crippen LogP contribution >= 0.6 is 0 Å². The molecule has 3 atom stereocenters. The summed E-state index contributed by atoms with van der Waals surface area (Å²) in [4.78, 5) is 44.0. The van der Waals surface area contributed by atoms with Crippen molar-refractivity contribution >= 4 is 56.5 Å². The van der Waals surface area contributed by atoms with Gasteiger partial charge in [-0.15, -0.1) is 0 Å². The highest BCUT2D eigenvalue weighted by atomic mass is 16.5. The SMILES string of the molecule is C=CC(=O)N1CCC[C@@H](n2nc(-c3ccc(Oc4ccccc4)cc3)c3c(N)ncnc32)C1.CN1CCC[C@@H](n2nc(-c3ccc(Oc4ccccc4)cc3)c3c(N)ncnc32)C1.CN1CCC[C@H](O)C1.Nc1ncnc2n[nH]c(-c3ccc(Oc4ccccc4)cc3)c12. The zero-order chi connectivity index (χ0) is 64.9. The molecule has 3 aliphatic rings. The first-order valence-corrected chi connectivity index (χ1v) is 31.3. The number of nitrogens with two attached hydrogens (primary N) is 3. The second-order valence-electron chi connectivity index (χ2n) is 23.3. The Labute approximate surface area is 543 Å². The molecule has 0 unspecified atom stereocenters. The minimum Gasteiger partial charge on any atom is -0.457 e. The molecule has 478 valence electrons. The molecule has 23 nitrogen and oxygen atoms in total. The summed E-state index contributed by atoms with van der Waals surface area (Å²) in [6.45, 7) is 8.95. The minimum atomic E-state index is -0.0699. The van der Waals surface area contributed by atoms with Crippen LogP contribution in [0.5, 0.6) is 34.5 Å². The molecule has 15 rings (SSSR count). The van der Waals surface area contributed by atoms with Crippen molar-refractivity contribution in [3.8, 4) is 68.3 Å². The number of nitrogen functional groups attached to an aromatic ring is 3. The summed E-state index contributed by atoms with van der Waals surface area (Å²) < 4.78 is 21.5. The van der Waals surface area contributed by atoms with Crippen molar-refractivity contribution in [3.63, 3.8) is 0 Å². The molecule has 0 radical (unpaired) electrons. The molecule has 23 heteroatoms. The molecular weight excluding hydrogens is 1180 g/mol. The quantitative estimate of drug-likeness (QED) is 0.0710. The maximum absolute atomic E-state index is 12.2. The Morgan fingerprint density at radius 3 is 1.34 bits per heavy atom. The van der Waals surface area contributed by atoms with Gasteiger partial charge in [0.2, 0.25) is 5.91 Å². The maximum Gasteiger partial charge on any atom is 0.246 e. The minimum absolute atomic E-state index is 0.00566.